The van der Waals surface area contributed by atoms with Gasteiger partial charge >= 0.3 is 6.09 Å². The minimum Gasteiger partial charge on any atom is -0.465 e. The van der Waals surface area contributed by atoms with Gasteiger partial charge in [0.2, 0.25) is 0 Å². The molecule has 0 spiro atoms. The molecule has 1 fully saturated rings. The van der Waals surface area contributed by atoms with Crippen LogP contribution < -0.4 is 5.32 Å². The minimum atomic E-state index is -0.964. The Bertz CT molecular complexity index is 390. The van der Waals surface area contributed by atoms with Gasteiger partial charge in [-0.3, -0.25) is 4.68 Å². The van der Waals surface area contributed by atoms with Gasteiger partial charge in [0, 0.05) is 32.3 Å². The molecule has 1 saturated heterocycles. The van der Waals surface area contributed by atoms with Crippen LogP contribution in [0.25, 0.3) is 0 Å². The van der Waals surface area contributed by atoms with Crippen LogP contribution in [0.4, 0.5) is 4.79 Å². The molecular formula is C10H16N4O2. The Kier molecular flexibility index (Phi) is 2.82. The zero-order valence-electron chi connectivity index (χ0n) is 9.42. The molecule has 0 unspecified atom stereocenters. The van der Waals surface area contributed by atoms with Crippen molar-refractivity contribution in [2.24, 2.45) is 7.05 Å². The summed E-state index contributed by atoms with van der Waals surface area (Å²) < 4.78 is 1.74. The molecule has 1 aromatic rings. The van der Waals surface area contributed by atoms with Gasteiger partial charge in [-0.05, 0) is 12.6 Å². The number of likely N-dealkylation sites (N-methyl/N-ethyl adjacent to an activating group) is 1. The van der Waals surface area contributed by atoms with Crippen molar-refractivity contribution in [3.8, 4) is 0 Å². The Morgan fingerprint density at radius 3 is 2.88 bits per heavy atom. The van der Waals surface area contributed by atoms with E-state index in [0.29, 0.717) is 0 Å². The maximum atomic E-state index is 10.7. The van der Waals surface area contributed by atoms with Gasteiger partial charge in [0.15, 0.2) is 0 Å². The SMILES string of the molecule is CN1C[C@H](NC(=O)O)[C@@H](c2cnn(C)c2)C1. The van der Waals surface area contributed by atoms with Crippen molar-refractivity contribution in [2.75, 3.05) is 20.1 Å². The third-order valence-electron chi connectivity index (χ3n) is 2.96. The van der Waals surface area contributed by atoms with Gasteiger partial charge in [-0.25, -0.2) is 4.79 Å². The number of carboxylic acid groups (broad SMARTS) is 1. The predicted molar refractivity (Wildman–Crippen MR) is 58.4 cm³/mol. The van der Waals surface area contributed by atoms with Crippen LogP contribution in [-0.4, -0.2) is 52.1 Å². The molecule has 1 aliphatic rings. The molecule has 0 bridgehead atoms. The number of carbonyl (C=O) groups is 1. The normalized spacial score (nSPS) is 25.9. The van der Waals surface area contributed by atoms with Crippen molar-refractivity contribution in [3.63, 3.8) is 0 Å². The van der Waals surface area contributed by atoms with Gasteiger partial charge in [0.25, 0.3) is 0 Å². The molecule has 0 aliphatic carbocycles. The first-order chi connectivity index (χ1) is 7.56. The lowest BCUT2D eigenvalue weighted by molar-refractivity contribution is 0.189. The molecule has 2 rings (SSSR count). The van der Waals surface area contributed by atoms with E-state index in [2.05, 4.69) is 15.3 Å². The standard InChI is InChI=1S/C10H16N4O2/c1-13-5-8(7-3-11-14(2)4-7)9(6-13)12-10(15)16/h3-4,8-9,12H,5-6H2,1-2H3,(H,15,16)/t8-,9+/m1/s1. The van der Waals surface area contributed by atoms with Gasteiger partial charge in [-0.1, -0.05) is 0 Å². The molecule has 2 N–H and O–H groups in total. The van der Waals surface area contributed by atoms with Crippen LogP contribution in [-0.2, 0) is 7.05 Å². The summed E-state index contributed by atoms with van der Waals surface area (Å²) in [5.74, 6) is 0.190. The number of hydrogen-bond donors (Lipinski definition) is 2. The zero-order valence-corrected chi connectivity index (χ0v) is 9.42. The van der Waals surface area contributed by atoms with Crippen LogP contribution >= 0.6 is 0 Å². The van der Waals surface area contributed by atoms with Crippen molar-refractivity contribution in [1.29, 1.82) is 0 Å². The Morgan fingerprint density at radius 2 is 2.31 bits per heavy atom. The van der Waals surface area contributed by atoms with Crippen molar-refractivity contribution < 1.29 is 9.90 Å². The van der Waals surface area contributed by atoms with Crippen LogP contribution in [0.3, 0.4) is 0 Å². The fraction of sp³-hybridized carbons (Fsp3) is 0.600. The lowest BCUT2D eigenvalue weighted by Crippen LogP contribution is -2.38. The lowest BCUT2D eigenvalue weighted by atomic mass is 9.97. The number of amides is 1. The highest BCUT2D eigenvalue weighted by molar-refractivity contribution is 5.65. The van der Waals surface area contributed by atoms with Crippen LogP contribution in [0.2, 0.25) is 0 Å². The highest BCUT2D eigenvalue weighted by Crippen LogP contribution is 2.26. The highest BCUT2D eigenvalue weighted by atomic mass is 16.4. The number of rotatable bonds is 2. The Balaban J connectivity index is 2.15. The number of aryl methyl sites for hydroxylation is 1. The summed E-state index contributed by atoms with van der Waals surface area (Å²) in [6.45, 7) is 1.60. The maximum Gasteiger partial charge on any atom is 0.404 e. The first-order valence-corrected chi connectivity index (χ1v) is 5.23. The van der Waals surface area contributed by atoms with Gasteiger partial charge < -0.3 is 15.3 Å². The van der Waals surface area contributed by atoms with E-state index in [0.717, 1.165) is 18.7 Å². The fourth-order valence-electron chi connectivity index (χ4n) is 2.27. The lowest BCUT2D eigenvalue weighted by Gasteiger charge is -2.16. The molecule has 16 heavy (non-hydrogen) atoms. The van der Waals surface area contributed by atoms with Crippen LogP contribution in [0.5, 0.6) is 0 Å². The van der Waals surface area contributed by atoms with E-state index in [1.54, 1.807) is 10.9 Å². The van der Waals surface area contributed by atoms with E-state index < -0.39 is 6.09 Å². The number of nitrogens with one attached hydrogen (secondary N) is 1. The molecule has 1 aliphatic heterocycles. The van der Waals surface area contributed by atoms with Crippen molar-refractivity contribution >= 4 is 6.09 Å². The molecule has 1 aromatic heterocycles. The van der Waals surface area contributed by atoms with Gasteiger partial charge in [-0.15, -0.1) is 0 Å². The highest BCUT2D eigenvalue weighted by Gasteiger charge is 2.33. The quantitative estimate of drug-likeness (QED) is 0.746. The molecule has 0 saturated carbocycles. The van der Waals surface area contributed by atoms with E-state index in [1.807, 2.05) is 20.3 Å². The van der Waals surface area contributed by atoms with Crippen LogP contribution in [0, 0.1) is 0 Å². The first kappa shape index (κ1) is 10.9. The molecule has 2 heterocycles. The van der Waals surface area contributed by atoms with Gasteiger partial charge in [-0.2, -0.15) is 5.10 Å². The molecule has 0 aromatic carbocycles. The summed E-state index contributed by atoms with van der Waals surface area (Å²) >= 11 is 0. The van der Waals surface area contributed by atoms with E-state index in [-0.39, 0.29) is 12.0 Å². The number of nitrogens with zero attached hydrogens (tertiary/aromatic N) is 3. The zero-order chi connectivity index (χ0) is 11.7. The molecule has 0 radical (unpaired) electrons. The monoisotopic (exact) mass is 224 g/mol. The first-order valence-electron chi connectivity index (χ1n) is 5.23. The summed E-state index contributed by atoms with van der Waals surface area (Å²) in [7, 11) is 3.86. The third kappa shape index (κ3) is 2.16. The van der Waals surface area contributed by atoms with Gasteiger partial charge in [0.1, 0.15) is 0 Å². The Labute approximate surface area is 93.9 Å². The van der Waals surface area contributed by atoms with Crippen molar-refractivity contribution in [3.05, 3.63) is 18.0 Å². The van der Waals surface area contributed by atoms with E-state index in [9.17, 15) is 4.79 Å². The number of hydrogen-bond acceptors (Lipinski definition) is 3. The second-order valence-electron chi connectivity index (χ2n) is 4.33. The molecule has 2 atom stereocenters. The smallest absolute Gasteiger partial charge is 0.404 e. The molecule has 6 heteroatoms. The molecule has 6 nitrogen and oxygen atoms in total. The number of aromatic nitrogens is 2. The molecule has 88 valence electrons. The average Bonchev–Trinajstić information content (AvgIpc) is 2.72. The van der Waals surface area contributed by atoms with Crippen LogP contribution in [0.1, 0.15) is 11.5 Å². The molecular weight excluding hydrogens is 208 g/mol. The Hall–Kier alpha value is -1.56. The second-order valence-corrected chi connectivity index (χ2v) is 4.33. The minimum absolute atomic E-state index is 0.0494. The summed E-state index contributed by atoms with van der Waals surface area (Å²) in [5, 5.41) is 15.5. The summed E-state index contributed by atoms with van der Waals surface area (Å²) in [4.78, 5) is 12.8. The predicted octanol–water partition coefficient (Wildman–Crippen LogP) is 0.0853. The van der Waals surface area contributed by atoms with Crippen molar-refractivity contribution in [1.82, 2.24) is 20.0 Å². The average molecular weight is 224 g/mol. The fourth-order valence-corrected chi connectivity index (χ4v) is 2.27. The van der Waals surface area contributed by atoms with E-state index >= 15 is 0 Å². The third-order valence-corrected chi connectivity index (χ3v) is 2.96. The second kappa shape index (κ2) is 4.13. The van der Waals surface area contributed by atoms with E-state index in [4.69, 9.17) is 5.11 Å². The van der Waals surface area contributed by atoms with Gasteiger partial charge in [0.05, 0.1) is 12.2 Å². The molecule has 1 amide bonds. The summed E-state index contributed by atoms with van der Waals surface area (Å²) in [5.41, 5.74) is 1.09. The van der Waals surface area contributed by atoms with Crippen molar-refractivity contribution in [2.45, 2.75) is 12.0 Å². The maximum absolute atomic E-state index is 10.7. The summed E-state index contributed by atoms with van der Waals surface area (Å²) in [6.07, 6.45) is 2.79. The Morgan fingerprint density at radius 1 is 1.56 bits per heavy atom. The topological polar surface area (TPSA) is 70.4 Å². The largest absolute Gasteiger partial charge is 0.465 e. The number of likely N-dealkylation sites (tertiary alicyclic amines) is 1. The van der Waals surface area contributed by atoms with E-state index in [1.165, 1.54) is 0 Å². The summed E-state index contributed by atoms with van der Waals surface area (Å²) in [6, 6.07) is -0.0494. The van der Waals surface area contributed by atoms with Crippen LogP contribution in [0.15, 0.2) is 12.4 Å².